The molecule has 0 aliphatic heterocycles. The number of hydrogen-bond donors (Lipinski definition) is 2. The summed E-state index contributed by atoms with van der Waals surface area (Å²) in [6.45, 7) is 2.56. The highest BCUT2D eigenvalue weighted by molar-refractivity contribution is 5.78. The first-order chi connectivity index (χ1) is 8.19. The molecule has 0 spiro atoms. The van der Waals surface area contributed by atoms with Gasteiger partial charge in [-0.25, -0.2) is 4.79 Å². The Morgan fingerprint density at radius 2 is 2.35 bits per heavy atom. The standard InChI is InChI=1S/C12H15NO4/c1-2-6-17-10-5-3-4-9(7-10)11(12(15)16)13-8-14/h3-5,7-8,11H,2,6H2,1H3,(H,13,14)(H,15,16). The molecule has 1 atom stereocenters. The Morgan fingerprint density at radius 1 is 1.59 bits per heavy atom. The minimum atomic E-state index is -1.11. The van der Waals surface area contributed by atoms with Crippen LogP contribution in [0.25, 0.3) is 0 Å². The molecule has 0 aliphatic carbocycles. The Labute approximate surface area is 99.4 Å². The van der Waals surface area contributed by atoms with E-state index in [0.717, 1.165) is 6.42 Å². The summed E-state index contributed by atoms with van der Waals surface area (Å²) in [6, 6.07) is 5.65. The predicted molar refractivity (Wildman–Crippen MR) is 61.8 cm³/mol. The lowest BCUT2D eigenvalue weighted by Crippen LogP contribution is -2.27. The fraction of sp³-hybridized carbons (Fsp3) is 0.333. The molecule has 2 N–H and O–H groups in total. The minimum absolute atomic E-state index is 0.373. The third-order valence-corrected chi connectivity index (χ3v) is 2.15. The van der Waals surface area contributed by atoms with Crippen molar-refractivity contribution in [2.75, 3.05) is 6.61 Å². The topological polar surface area (TPSA) is 75.6 Å². The van der Waals surface area contributed by atoms with E-state index in [9.17, 15) is 9.59 Å². The smallest absolute Gasteiger partial charge is 0.330 e. The van der Waals surface area contributed by atoms with Crippen LogP contribution >= 0.6 is 0 Å². The van der Waals surface area contributed by atoms with Crippen LogP contribution in [0.4, 0.5) is 0 Å². The van der Waals surface area contributed by atoms with Crippen molar-refractivity contribution < 1.29 is 19.4 Å². The van der Waals surface area contributed by atoms with Crippen molar-refractivity contribution in [1.82, 2.24) is 5.32 Å². The lowest BCUT2D eigenvalue weighted by atomic mass is 10.1. The molecule has 5 nitrogen and oxygen atoms in total. The highest BCUT2D eigenvalue weighted by atomic mass is 16.5. The third-order valence-electron chi connectivity index (χ3n) is 2.15. The third kappa shape index (κ3) is 3.79. The SMILES string of the molecule is CCCOc1cccc(C(NC=O)C(=O)O)c1. The maximum Gasteiger partial charge on any atom is 0.330 e. The summed E-state index contributed by atoms with van der Waals surface area (Å²) in [5, 5.41) is 11.2. The first kappa shape index (κ1) is 13.0. The zero-order chi connectivity index (χ0) is 12.7. The van der Waals surface area contributed by atoms with Crippen LogP contribution in [0.15, 0.2) is 24.3 Å². The van der Waals surface area contributed by atoms with Gasteiger partial charge in [-0.15, -0.1) is 0 Å². The molecule has 0 radical (unpaired) electrons. The normalized spacial score (nSPS) is 11.6. The van der Waals surface area contributed by atoms with Gasteiger partial charge in [0.2, 0.25) is 6.41 Å². The summed E-state index contributed by atoms with van der Waals surface area (Å²) in [4.78, 5) is 21.3. The van der Waals surface area contributed by atoms with Crippen LogP contribution in [0.5, 0.6) is 5.75 Å². The fourth-order valence-electron chi connectivity index (χ4n) is 1.38. The Morgan fingerprint density at radius 3 is 2.94 bits per heavy atom. The molecule has 1 unspecified atom stereocenters. The average Bonchev–Trinajstić information content (AvgIpc) is 2.33. The number of carboxylic acids is 1. The van der Waals surface area contributed by atoms with Crippen molar-refractivity contribution in [2.45, 2.75) is 19.4 Å². The molecular formula is C12H15NO4. The maximum atomic E-state index is 11.0. The zero-order valence-corrected chi connectivity index (χ0v) is 9.55. The molecule has 0 heterocycles. The Bertz CT molecular complexity index is 392. The number of hydrogen-bond acceptors (Lipinski definition) is 3. The first-order valence-electron chi connectivity index (χ1n) is 5.34. The van der Waals surface area contributed by atoms with E-state index in [-0.39, 0.29) is 0 Å². The van der Waals surface area contributed by atoms with Crippen molar-refractivity contribution in [3.8, 4) is 5.75 Å². The van der Waals surface area contributed by atoms with Crippen molar-refractivity contribution in [1.29, 1.82) is 0 Å². The zero-order valence-electron chi connectivity index (χ0n) is 9.55. The molecule has 1 aromatic carbocycles. The summed E-state index contributed by atoms with van der Waals surface area (Å²) in [5.41, 5.74) is 0.484. The van der Waals surface area contributed by atoms with Gasteiger partial charge in [0.05, 0.1) is 6.61 Å². The summed E-state index contributed by atoms with van der Waals surface area (Å²) in [5.74, 6) is -0.506. The first-order valence-corrected chi connectivity index (χ1v) is 5.34. The predicted octanol–water partition coefficient (Wildman–Crippen LogP) is 1.35. The van der Waals surface area contributed by atoms with E-state index in [1.165, 1.54) is 0 Å². The van der Waals surface area contributed by atoms with E-state index in [1.54, 1.807) is 24.3 Å². The second-order valence-electron chi connectivity index (χ2n) is 3.48. The fourth-order valence-corrected chi connectivity index (χ4v) is 1.38. The van der Waals surface area contributed by atoms with Gasteiger partial charge in [-0.05, 0) is 24.1 Å². The molecule has 0 fully saturated rings. The number of carboxylic acid groups (broad SMARTS) is 1. The Balaban J connectivity index is 2.87. The molecule has 1 rings (SSSR count). The van der Waals surface area contributed by atoms with E-state index in [2.05, 4.69) is 5.32 Å². The van der Waals surface area contributed by atoms with Gasteiger partial charge in [-0.2, -0.15) is 0 Å². The molecule has 0 aliphatic rings. The van der Waals surface area contributed by atoms with Gasteiger partial charge in [0, 0.05) is 0 Å². The Hall–Kier alpha value is -2.04. The second kappa shape index (κ2) is 6.52. The maximum absolute atomic E-state index is 11.0. The van der Waals surface area contributed by atoms with Gasteiger partial charge in [0.25, 0.3) is 0 Å². The van der Waals surface area contributed by atoms with E-state index in [0.29, 0.717) is 24.3 Å². The summed E-state index contributed by atoms with van der Waals surface area (Å²) >= 11 is 0. The van der Waals surface area contributed by atoms with Crippen molar-refractivity contribution >= 4 is 12.4 Å². The monoisotopic (exact) mass is 237 g/mol. The molecule has 1 amide bonds. The second-order valence-corrected chi connectivity index (χ2v) is 3.48. The van der Waals surface area contributed by atoms with Crippen LogP contribution < -0.4 is 10.1 Å². The average molecular weight is 237 g/mol. The van der Waals surface area contributed by atoms with Crippen molar-refractivity contribution in [2.24, 2.45) is 0 Å². The summed E-state index contributed by atoms with van der Waals surface area (Å²) in [7, 11) is 0. The van der Waals surface area contributed by atoms with Crippen molar-refractivity contribution in [3.63, 3.8) is 0 Å². The van der Waals surface area contributed by atoms with Crippen LogP contribution in [0, 0.1) is 0 Å². The molecular weight excluding hydrogens is 222 g/mol. The number of carbonyl (C=O) groups excluding carboxylic acids is 1. The van der Waals surface area contributed by atoms with E-state index in [1.807, 2.05) is 6.92 Å². The number of rotatable bonds is 7. The van der Waals surface area contributed by atoms with Gasteiger partial charge < -0.3 is 15.2 Å². The van der Waals surface area contributed by atoms with Gasteiger partial charge in [0.15, 0.2) is 6.04 Å². The number of amides is 1. The molecule has 0 bridgehead atoms. The molecule has 0 aromatic heterocycles. The summed E-state index contributed by atoms with van der Waals surface area (Å²) < 4.78 is 5.39. The molecule has 0 saturated carbocycles. The van der Waals surface area contributed by atoms with Crippen molar-refractivity contribution in [3.05, 3.63) is 29.8 Å². The number of nitrogens with one attached hydrogen (secondary N) is 1. The molecule has 92 valence electrons. The summed E-state index contributed by atoms with van der Waals surface area (Å²) in [6.07, 6.45) is 1.25. The van der Waals surface area contributed by atoms with Gasteiger partial charge in [0.1, 0.15) is 5.75 Å². The number of benzene rings is 1. The van der Waals surface area contributed by atoms with Gasteiger partial charge >= 0.3 is 5.97 Å². The molecule has 1 aromatic rings. The van der Waals surface area contributed by atoms with Gasteiger partial charge in [-0.3, -0.25) is 4.79 Å². The van der Waals surface area contributed by atoms with Crippen LogP contribution in [0.1, 0.15) is 24.9 Å². The quantitative estimate of drug-likeness (QED) is 0.702. The molecule has 0 saturated heterocycles. The number of aliphatic carboxylic acids is 1. The van der Waals surface area contributed by atoms with E-state index in [4.69, 9.17) is 9.84 Å². The van der Waals surface area contributed by atoms with Crippen LogP contribution in [0.2, 0.25) is 0 Å². The Kier molecular flexibility index (Phi) is 5.00. The van der Waals surface area contributed by atoms with E-state index >= 15 is 0 Å². The van der Waals surface area contributed by atoms with Crippen LogP contribution in [0.3, 0.4) is 0 Å². The van der Waals surface area contributed by atoms with Gasteiger partial charge in [-0.1, -0.05) is 19.1 Å². The lowest BCUT2D eigenvalue weighted by Gasteiger charge is -2.13. The van der Waals surface area contributed by atoms with Crippen LogP contribution in [-0.2, 0) is 9.59 Å². The molecule has 5 heteroatoms. The molecule has 17 heavy (non-hydrogen) atoms. The lowest BCUT2D eigenvalue weighted by molar-refractivity contribution is -0.140. The minimum Gasteiger partial charge on any atom is -0.494 e. The van der Waals surface area contributed by atoms with E-state index < -0.39 is 12.0 Å². The number of carbonyl (C=O) groups is 2. The largest absolute Gasteiger partial charge is 0.494 e. The van der Waals surface area contributed by atoms with Crippen LogP contribution in [-0.4, -0.2) is 24.1 Å². The highest BCUT2D eigenvalue weighted by Crippen LogP contribution is 2.19. The number of ether oxygens (including phenoxy) is 1. The highest BCUT2D eigenvalue weighted by Gasteiger charge is 2.18.